The van der Waals surface area contributed by atoms with Crippen LogP contribution in [0.5, 0.6) is 5.88 Å². The van der Waals surface area contributed by atoms with Gasteiger partial charge in [0, 0.05) is 37.3 Å². The van der Waals surface area contributed by atoms with E-state index < -0.39 is 0 Å². The fourth-order valence-electron chi connectivity index (χ4n) is 4.06. The summed E-state index contributed by atoms with van der Waals surface area (Å²) in [7, 11) is 1.56. The lowest BCUT2D eigenvalue weighted by Crippen LogP contribution is -2.50. The first-order chi connectivity index (χ1) is 14.8. The number of nitrogens with one attached hydrogen (secondary N) is 1. The first-order valence-corrected chi connectivity index (χ1v) is 10.8. The average Bonchev–Trinajstić information content (AvgIpc) is 2.76. The highest BCUT2D eigenvalue weighted by Crippen LogP contribution is 2.32. The normalized spacial score (nSPS) is 14.5. The molecule has 3 amide bonds. The summed E-state index contributed by atoms with van der Waals surface area (Å²) in [5.74, 6) is 1.27. The number of nitrogens with zero attached hydrogens (tertiary/aromatic N) is 3. The second kappa shape index (κ2) is 9.81. The van der Waals surface area contributed by atoms with E-state index in [1.54, 1.807) is 20.1 Å². The fraction of sp³-hybridized carbons (Fsp3) is 0.458. The lowest BCUT2D eigenvalue weighted by molar-refractivity contribution is -0.129. The first-order valence-electron chi connectivity index (χ1n) is 10.8. The summed E-state index contributed by atoms with van der Waals surface area (Å²) in [6.45, 7) is 9.04. The third kappa shape index (κ3) is 5.16. The number of hydrogen-bond donors (Lipinski definition) is 1. The van der Waals surface area contributed by atoms with Gasteiger partial charge in [-0.25, -0.2) is 4.79 Å². The van der Waals surface area contributed by atoms with Crippen LogP contribution < -0.4 is 15.0 Å². The molecule has 2 heterocycles. The lowest BCUT2D eigenvalue weighted by atomic mass is 9.97. The Kier molecular flexibility index (Phi) is 7.15. The van der Waals surface area contributed by atoms with Crippen molar-refractivity contribution >= 4 is 23.4 Å². The Bertz CT molecular complexity index is 936. The summed E-state index contributed by atoms with van der Waals surface area (Å²) < 4.78 is 5.30. The first kappa shape index (κ1) is 22.6. The van der Waals surface area contributed by atoms with Gasteiger partial charge in [-0.2, -0.15) is 4.98 Å². The molecule has 0 spiro atoms. The molecule has 31 heavy (non-hydrogen) atoms. The van der Waals surface area contributed by atoms with Crippen molar-refractivity contribution < 1.29 is 14.3 Å². The summed E-state index contributed by atoms with van der Waals surface area (Å²) in [6, 6.07) is 11.4. The molecule has 1 N–H and O–H groups in total. The van der Waals surface area contributed by atoms with E-state index in [1.165, 1.54) is 0 Å². The van der Waals surface area contributed by atoms with Crippen molar-refractivity contribution in [1.29, 1.82) is 0 Å². The van der Waals surface area contributed by atoms with E-state index in [0.717, 1.165) is 29.7 Å². The van der Waals surface area contributed by atoms with E-state index in [2.05, 4.69) is 30.2 Å². The molecule has 0 atom stereocenters. The van der Waals surface area contributed by atoms with Crippen LogP contribution in [0.25, 0.3) is 0 Å². The zero-order valence-corrected chi connectivity index (χ0v) is 19.0. The summed E-state index contributed by atoms with van der Waals surface area (Å²) in [4.78, 5) is 33.4. The Hall–Kier alpha value is -3.09. The number of pyridine rings is 1. The Balaban J connectivity index is 1.92. The maximum absolute atomic E-state index is 13.5. The van der Waals surface area contributed by atoms with Gasteiger partial charge in [-0.3, -0.25) is 15.0 Å². The Morgan fingerprint density at radius 2 is 1.84 bits per heavy atom. The molecule has 1 aliphatic heterocycles. The smallest absolute Gasteiger partial charge is 0.327 e. The number of carbonyl (C=O) groups excluding carboxylic acids is 2. The van der Waals surface area contributed by atoms with Crippen LogP contribution in [0.4, 0.5) is 16.3 Å². The average molecular weight is 425 g/mol. The molecule has 7 nitrogen and oxygen atoms in total. The van der Waals surface area contributed by atoms with Crippen LogP contribution in [-0.2, 0) is 4.79 Å². The van der Waals surface area contributed by atoms with Crippen LogP contribution >= 0.6 is 0 Å². The molecule has 0 radical (unpaired) electrons. The van der Waals surface area contributed by atoms with Gasteiger partial charge in [0.05, 0.1) is 7.11 Å². The van der Waals surface area contributed by atoms with Crippen molar-refractivity contribution in [2.75, 3.05) is 30.4 Å². The summed E-state index contributed by atoms with van der Waals surface area (Å²) >= 11 is 0. The third-order valence-electron chi connectivity index (χ3n) is 5.79. The van der Waals surface area contributed by atoms with Gasteiger partial charge in [0.15, 0.2) is 0 Å². The molecule has 0 aliphatic carbocycles. The van der Waals surface area contributed by atoms with Crippen LogP contribution in [-0.4, -0.2) is 48.1 Å². The zero-order chi connectivity index (χ0) is 22.5. The molecule has 1 aromatic carbocycles. The molecule has 2 aromatic rings. The predicted molar refractivity (Wildman–Crippen MR) is 123 cm³/mol. The topological polar surface area (TPSA) is 74.8 Å². The van der Waals surface area contributed by atoms with Gasteiger partial charge in [-0.05, 0) is 43.4 Å². The molecule has 7 heteroatoms. The van der Waals surface area contributed by atoms with Crippen molar-refractivity contribution in [3.8, 4) is 5.88 Å². The number of carbonyl (C=O) groups is 2. The summed E-state index contributed by atoms with van der Waals surface area (Å²) in [5.41, 5.74) is 2.91. The number of methoxy groups -OCH3 is 1. The van der Waals surface area contributed by atoms with Crippen molar-refractivity contribution in [1.82, 2.24) is 9.88 Å². The lowest BCUT2D eigenvalue weighted by Gasteiger charge is -2.39. The predicted octanol–water partition coefficient (Wildman–Crippen LogP) is 4.57. The molecule has 1 saturated heterocycles. The summed E-state index contributed by atoms with van der Waals surface area (Å²) in [6.07, 6.45) is 1.45. The second-order valence-corrected chi connectivity index (χ2v) is 8.27. The Labute approximate surface area is 184 Å². The number of ether oxygens (including phenoxy) is 1. The minimum Gasteiger partial charge on any atom is -0.481 e. The SMILES string of the molecule is COc1nc(NC(=O)N(c2ccccc2C(C)C)C2CCN(C(C)=O)CC2)ccc1C. The molecular formula is C24H32N4O3. The van der Waals surface area contributed by atoms with Gasteiger partial charge >= 0.3 is 6.03 Å². The van der Waals surface area contributed by atoms with Gasteiger partial charge in [-0.15, -0.1) is 0 Å². The van der Waals surface area contributed by atoms with E-state index >= 15 is 0 Å². The van der Waals surface area contributed by atoms with Gasteiger partial charge in [0.1, 0.15) is 5.82 Å². The Morgan fingerprint density at radius 3 is 2.45 bits per heavy atom. The number of para-hydroxylation sites is 1. The largest absolute Gasteiger partial charge is 0.481 e. The highest BCUT2D eigenvalue weighted by molar-refractivity contribution is 6.02. The molecule has 1 fully saturated rings. The number of benzene rings is 1. The monoisotopic (exact) mass is 424 g/mol. The maximum atomic E-state index is 13.5. The molecule has 1 aromatic heterocycles. The number of rotatable bonds is 5. The molecule has 0 bridgehead atoms. The number of aryl methyl sites for hydroxylation is 1. The molecule has 0 saturated carbocycles. The highest BCUT2D eigenvalue weighted by Gasteiger charge is 2.31. The second-order valence-electron chi connectivity index (χ2n) is 8.27. The van der Waals surface area contributed by atoms with Crippen LogP contribution in [0, 0.1) is 6.92 Å². The maximum Gasteiger partial charge on any atom is 0.327 e. The fourth-order valence-corrected chi connectivity index (χ4v) is 4.06. The van der Waals surface area contributed by atoms with Crippen LogP contribution in [0.15, 0.2) is 36.4 Å². The van der Waals surface area contributed by atoms with Crippen molar-refractivity contribution in [2.45, 2.75) is 52.5 Å². The quantitative estimate of drug-likeness (QED) is 0.763. The molecule has 3 rings (SSSR count). The van der Waals surface area contributed by atoms with Crippen LogP contribution in [0.2, 0.25) is 0 Å². The summed E-state index contributed by atoms with van der Waals surface area (Å²) in [5, 5.41) is 2.96. The van der Waals surface area contributed by atoms with Crippen molar-refractivity contribution in [2.24, 2.45) is 0 Å². The van der Waals surface area contributed by atoms with E-state index in [-0.39, 0.29) is 23.9 Å². The number of urea groups is 1. The highest BCUT2D eigenvalue weighted by atomic mass is 16.5. The van der Waals surface area contributed by atoms with Gasteiger partial charge in [-0.1, -0.05) is 38.1 Å². The number of anilines is 2. The minimum absolute atomic E-state index is 0.0113. The zero-order valence-electron chi connectivity index (χ0n) is 19.0. The molecule has 166 valence electrons. The van der Waals surface area contributed by atoms with Crippen molar-refractivity contribution in [3.05, 3.63) is 47.5 Å². The molecule has 1 aliphatic rings. The number of aromatic nitrogens is 1. The molecular weight excluding hydrogens is 392 g/mol. The van der Waals surface area contributed by atoms with Gasteiger partial charge < -0.3 is 9.64 Å². The number of piperidine rings is 1. The van der Waals surface area contributed by atoms with Gasteiger partial charge in [0.25, 0.3) is 0 Å². The van der Waals surface area contributed by atoms with Crippen LogP contribution in [0.1, 0.15) is 50.7 Å². The molecule has 0 unspecified atom stereocenters. The standard InChI is InChI=1S/C24H32N4O3/c1-16(2)20-8-6-7-9-21(20)28(19-12-14-27(15-13-19)18(4)29)24(30)26-22-11-10-17(3)23(25-22)31-5/h6-11,16,19H,12-15H2,1-5H3,(H,25,26,30). The number of amides is 3. The van der Waals surface area contributed by atoms with Crippen LogP contribution in [0.3, 0.4) is 0 Å². The van der Waals surface area contributed by atoms with E-state index in [4.69, 9.17) is 4.74 Å². The Morgan fingerprint density at radius 1 is 1.16 bits per heavy atom. The third-order valence-corrected chi connectivity index (χ3v) is 5.79. The number of likely N-dealkylation sites (tertiary alicyclic amines) is 1. The van der Waals surface area contributed by atoms with E-state index in [0.29, 0.717) is 24.8 Å². The number of hydrogen-bond acceptors (Lipinski definition) is 4. The van der Waals surface area contributed by atoms with E-state index in [1.807, 2.05) is 41.0 Å². The van der Waals surface area contributed by atoms with Crippen molar-refractivity contribution in [3.63, 3.8) is 0 Å². The minimum atomic E-state index is -0.229. The van der Waals surface area contributed by atoms with E-state index in [9.17, 15) is 9.59 Å². The van der Waals surface area contributed by atoms with Gasteiger partial charge in [0.2, 0.25) is 11.8 Å².